The van der Waals surface area contributed by atoms with Crippen molar-refractivity contribution >= 4 is 5.91 Å². The van der Waals surface area contributed by atoms with E-state index in [4.69, 9.17) is 10.5 Å². The van der Waals surface area contributed by atoms with E-state index in [1.54, 1.807) is 0 Å². The summed E-state index contributed by atoms with van der Waals surface area (Å²) in [5, 5.41) is 3.18. The summed E-state index contributed by atoms with van der Waals surface area (Å²) >= 11 is 0. The zero-order chi connectivity index (χ0) is 14.6. The summed E-state index contributed by atoms with van der Waals surface area (Å²) in [6.45, 7) is 6.98. The highest BCUT2D eigenvalue weighted by atomic mass is 16.5. The monoisotopic (exact) mass is 283 g/mol. The molecule has 116 valence electrons. The molecule has 0 unspecified atom stereocenters. The molecule has 2 saturated heterocycles. The Morgan fingerprint density at radius 1 is 1.25 bits per heavy atom. The van der Waals surface area contributed by atoms with E-state index in [0.717, 1.165) is 45.3 Å². The van der Waals surface area contributed by atoms with Gasteiger partial charge in [0.25, 0.3) is 0 Å². The van der Waals surface area contributed by atoms with Gasteiger partial charge in [0.05, 0.1) is 5.41 Å². The fourth-order valence-corrected chi connectivity index (χ4v) is 3.10. The topological polar surface area (TPSA) is 67.6 Å². The number of ether oxygens (including phenoxy) is 1. The summed E-state index contributed by atoms with van der Waals surface area (Å²) in [6, 6.07) is 0. The van der Waals surface area contributed by atoms with Gasteiger partial charge >= 0.3 is 0 Å². The number of amides is 1. The molecule has 2 rings (SSSR count). The molecule has 0 aromatic rings. The predicted molar refractivity (Wildman–Crippen MR) is 79.4 cm³/mol. The van der Waals surface area contributed by atoms with Crippen molar-refractivity contribution in [2.24, 2.45) is 16.6 Å². The number of nitrogens with one attached hydrogen (secondary N) is 1. The molecule has 5 heteroatoms. The van der Waals surface area contributed by atoms with E-state index in [1.807, 2.05) is 0 Å². The van der Waals surface area contributed by atoms with Crippen molar-refractivity contribution in [3.05, 3.63) is 0 Å². The maximum Gasteiger partial charge on any atom is 0.227 e. The van der Waals surface area contributed by atoms with Crippen LogP contribution < -0.4 is 11.1 Å². The molecular formula is C15H29N3O2. The number of hydrogen-bond donors (Lipinski definition) is 2. The van der Waals surface area contributed by atoms with Crippen molar-refractivity contribution in [1.82, 2.24) is 10.2 Å². The van der Waals surface area contributed by atoms with E-state index >= 15 is 0 Å². The molecule has 1 amide bonds. The number of nitrogens with zero attached hydrogens (tertiary/aromatic N) is 1. The summed E-state index contributed by atoms with van der Waals surface area (Å²) < 4.78 is 5.36. The standard InChI is InChI=1S/C15H29N3O2/c1-14(3-7-18(2)8-4-14)12-17-13(19)15(11-16)5-9-20-10-6-15/h3-12,16H2,1-2H3,(H,17,19). The summed E-state index contributed by atoms with van der Waals surface area (Å²) in [4.78, 5) is 14.9. The summed E-state index contributed by atoms with van der Waals surface area (Å²) in [6.07, 6.45) is 3.77. The van der Waals surface area contributed by atoms with Crippen molar-refractivity contribution in [2.45, 2.75) is 32.6 Å². The van der Waals surface area contributed by atoms with Gasteiger partial charge in [-0.15, -0.1) is 0 Å². The Morgan fingerprint density at radius 2 is 1.85 bits per heavy atom. The Labute approximate surface area is 122 Å². The molecular weight excluding hydrogens is 254 g/mol. The lowest BCUT2D eigenvalue weighted by molar-refractivity contribution is -0.136. The number of carbonyl (C=O) groups is 1. The Kier molecular flexibility index (Phi) is 5.04. The first-order valence-electron chi connectivity index (χ1n) is 7.74. The van der Waals surface area contributed by atoms with Gasteiger partial charge in [-0.05, 0) is 51.2 Å². The van der Waals surface area contributed by atoms with Crippen LogP contribution in [-0.2, 0) is 9.53 Å². The van der Waals surface area contributed by atoms with E-state index in [0.29, 0.717) is 19.8 Å². The maximum absolute atomic E-state index is 12.5. The highest BCUT2D eigenvalue weighted by molar-refractivity contribution is 5.83. The van der Waals surface area contributed by atoms with E-state index < -0.39 is 5.41 Å². The predicted octanol–water partition coefficient (Wildman–Crippen LogP) is 0.590. The third kappa shape index (κ3) is 3.51. The van der Waals surface area contributed by atoms with Gasteiger partial charge in [0.15, 0.2) is 0 Å². The first kappa shape index (κ1) is 15.7. The quantitative estimate of drug-likeness (QED) is 0.792. The second kappa shape index (κ2) is 6.41. The minimum Gasteiger partial charge on any atom is -0.381 e. The van der Waals surface area contributed by atoms with E-state index in [2.05, 4.69) is 24.2 Å². The number of nitrogens with two attached hydrogens (primary N) is 1. The number of piperidine rings is 1. The van der Waals surface area contributed by atoms with Gasteiger partial charge in [-0.3, -0.25) is 4.79 Å². The Bertz CT molecular complexity index is 332. The van der Waals surface area contributed by atoms with Gasteiger partial charge < -0.3 is 20.7 Å². The fraction of sp³-hybridized carbons (Fsp3) is 0.933. The molecule has 0 saturated carbocycles. The number of carbonyl (C=O) groups excluding carboxylic acids is 1. The summed E-state index contributed by atoms with van der Waals surface area (Å²) in [5.41, 5.74) is 5.70. The molecule has 2 aliphatic heterocycles. The third-order valence-electron chi connectivity index (χ3n) is 5.19. The average molecular weight is 283 g/mol. The van der Waals surface area contributed by atoms with Crippen LogP contribution in [0.3, 0.4) is 0 Å². The van der Waals surface area contributed by atoms with Crippen LogP contribution in [0.2, 0.25) is 0 Å². The number of hydrogen-bond acceptors (Lipinski definition) is 4. The molecule has 3 N–H and O–H groups in total. The maximum atomic E-state index is 12.5. The molecule has 2 heterocycles. The van der Waals surface area contributed by atoms with Crippen LogP contribution >= 0.6 is 0 Å². The molecule has 0 radical (unpaired) electrons. The molecule has 0 aliphatic carbocycles. The highest BCUT2D eigenvalue weighted by Gasteiger charge is 2.39. The number of rotatable bonds is 4. The molecule has 2 fully saturated rings. The zero-order valence-electron chi connectivity index (χ0n) is 12.9. The minimum atomic E-state index is -0.403. The van der Waals surface area contributed by atoms with Gasteiger partial charge in [-0.1, -0.05) is 6.92 Å². The van der Waals surface area contributed by atoms with Crippen molar-refractivity contribution in [1.29, 1.82) is 0 Å². The van der Waals surface area contributed by atoms with Gasteiger partial charge in [0.2, 0.25) is 5.91 Å². The van der Waals surface area contributed by atoms with Gasteiger partial charge in [0.1, 0.15) is 0 Å². The largest absolute Gasteiger partial charge is 0.381 e. The fourth-order valence-electron chi connectivity index (χ4n) is 3.10. The smallest absolute Gasteiger partial charge is 0.227 e. The average Bonchev–Trinajstić information content (AvgIpc) is 2.49. The number of likely N-dealkylation sites (tertiary alicyclic amines) is 1. The molecule has 0 atom stereocenters. The molecule has 20 heavy (non-hydrogen) atoms. The van der Waals surface area contributed by atoms with E-state index in [-0.39, 0.29) is 11.3 Å². The van der Waals surface area contributed by atoms with E-state index in [1.165, 1.54) is 0 Å². The Morgan fingerprint density at radius 3 is 2.40 bits per heavy atom. The Hall–Kier alpha value is -0.650. The molecule has 0 aromatic heterocycles. The van der Waals surface area contributed by atoms with Crippen molar-refractivity contribution in [3.8, 4) is 0 Å². The first-order valence-corrected chi connectivity index (χ1v) is 7.74. The second-order valence-corrected chi connectivity index (χ2v) is 6.89. The molecule has 0 aromatic carbocycles. The van der Waals surface area contributed by atoms with Crippen LogP contribution in [0, 0.1) is 10.8 Å². The normalized spacial score (nSPS) is 26.1. The van der Waals surface area contributed by atoms with E-state index in [9.17, 15) is 4.79 Å². The molecule has 0 bridgehead atoms. The lowest BCUT2D eigenvalue weighted by Crippen LogP contribution is -2.52. The van der Waals surface area contributed by atoms with Crippen molar-refractivity contribution in [3.63, 3.8) is 0 Å². The van der Waals surface area contributed by atoms with Gasteiger partial charge in [0, 0.05) is 26.3 Å². The van der Waals surface area contributed by atoms with Crippen molar-refractivity contribution < 1.29 is 9.53 Å². The SMILES string of the molecule is CN1CCC(C)(CNC(=O)C2(CN)CCOCC2)CC1. The third-order valence-corrected chi connectivity index (χ3v) is 5.19. The molecule has 0 spiro atoms. The van der Waals surface area contributed by atoms with Crippen LogP contribution in [0.5, 0.6) is 0 Å². The van der Waals surface area contributed by atoms with Crippen molar-refractivity contribution in [2.75, 3.05) is 46.4 Å². The Balaban J connectivity index is 1.87. The first-order chi connectivity index (χ1) is 9.50. The zero-order valence-corrected chi connectivity index (χ0v) is 12.9. The molecule has 5 nitrogen and oxygen atoms in total. The lowest BCUT2D eigenvalue weighted by Gasteiger charge is -2.40. The molecule has 2 aliphatic rings. The van der Waals surface area contributed by atoms with Crippen LogP contribution in [0.25, 0.3) is 0 Å². The summed E-state index contributed by atoms with van der Waals surface area (Å²) in [7, 11) is 2.16. The van der Waals surface area contributed by atoms with Crippen LogP contribution in [0.15, 0.2) is 0 Å². The van der Waals surface area contributed by atoms with Crippen LogP contribution in [-0.4, -0.2) is 57.2 Å². The van der Waals surface area contributed by atoms with Gasteiger partial charge in [-0.25, -0.2) is 0 Å². The van der Waals surface area contributed by atoms with Crippen LogP contribution in [0.1, 0.15) is 32.6 Å². The van der Waals surface area contributed by atoms with Gasteiger partial charge in [-0.2, -0.15) is 0 Å². The van der Waals surface area contributed by atoms with Crippen LogP contribution in [0.4, 0.5) is 0 Å². The summed E-state index contributed by atoms with van der Waals surface area (Å²) in [5.74, 6) is 0.128. The highest BCUT2D eigenvalue weighted by Crippen LogP contribution is 2.32. The lowest BCUT2D eigenvalue weighted by atomic mass is 9.77. The minimum absolute atomic E-state index is 0.128. The second-order valence-electron chi connectivity index (χ2n) is 6.89.